The van der Waals surface area contributed by atoms with Gasteiger partial charge in [0, 0.05) is 21.1 Å². The van der Waals surface area contributed by atoms with Crippen LogP contribution in [0.5, 0.6) is 5.75 Å². The molecule has 0 aliphatic heterocycles. The Morgan fingerprint density at radius 3 is 2.42 bits per heavy atom. The normalized spacial score (nSPS) is 11.0. The van der Waals surface area contributed by atoms with E-state index in [1.54, 1.807) is 54.6 Å². The SMILES string of the molecule is N#C/C(=C\c1cc(Br)ccc1OC(=O)c1ccccc1)C(=O)Nc1cccc2ccccc12. The summed E-state index contributed by atoms with van der Waals surface area (Å²) in [7, 11) is 0. The lowest BCUT2D eigenvalue weighted by molar-refractivity contribution is -0.112. The number of hydrogen-bond donors (Lipinski definition) is 1. The molecule has 33 heavy (non-hydrogen) atoms. The van der Waals surface area contributed by atoms with Crippen molar-refractivity contribution in [1.29, 1.82) is 5.26 Å². The van der Waals surface area contributed by atoms with Crippen LogP contribution >= 0.6 is 15.9 Å². The second-order valence-electron chi connectivity index (χ2n) is 7.09. The summed E-state index contributed by atoms with van der Waals surface area (Å²) in [5, 5.41) is 14.3. The Kier molecular flexibility index (Phi) is 6.63. The number of benzene rings is 4. The zero-order chi connectivity index (χ0) is 23.2. The molecule has 0 bridgehead atoms. The lowest BCUT2D eigenvalue weighted by atomic mass is 10.1. The zero-order valence-electron chi connectivity index (χ0n) is 17.3. The molecule has 0 atom stereocenters. The Labute approximate surface area is 199 Å². The molecule has 0 unspecified atom stereocenters. The van der Waals surface area contributed by atoms with Gasteiger partial charge in [-0.15, -0.1) is 0 Å². The van der Waals surface area contributed by atoms with E-state index in [0.717, 1.165) is 10.8 Å². The number of amides is 1. The Bertz CT molecular complexity index is 1420. The molecule has 0 fully saturated rings. The van der Waals surface area contributed by atoms with Gasteiger partial charge in [0.25, 0.3) is 5.91 Å². The highest BCUT2D eigenvalue weighted by Crippen LogP contribution is 2.28. The highest BCUT2D eigenvalue weighted by molar-refractivity contribution is 9.10. The molecule has 0 spiro atoms. The molecule has 5 nitrogen and oxygen atoms in total. The number of anilines is 1. The van der Waals surface area contributed by atoms with Crippen molar-refractivity contribution in [1.82, 2.24) is 0 Å². The van der Waals surface area contributed by atoms with Crippen molar-refractivity contribution in [2.75, 3.05) is 5.32 Å². The first kappa shape index (κ1) is 22.0. The van der Waals surface area contributed by atoms with Crippen molar-refractivity contribution in [3.8, 4) is 11.8 Å². The standard InChI is InChI=1S/C27H17BrN2O3/c28-22-13-14-25(33-27(32)19-8-2-1-3-9-19)20(16-22)15-21(17-29)26(31)30-24-12-6-10-18-7-4-5-11-23(18)24/h1-16H,(H,30,31)/b21-15+. The van der Waals surface area contributed by atoms with Crippen LogP contribution in [0.1, 0.15) is 15.9 Å². The summed E-state index contributed by atoms with van der Waals surface area (Å²) in [6.07, 6.45) is 1.40. The van der Waals surface area contributed by atoms with Gasteiger partial charge in [0.15, 0.2) is 0 Å². The first-order valence-electron chi connectivity index (χ1n) is 10.0. The number of nitrogens with zero attached hydrogens (tertiary/aromatic N) is 1. The Morgan fingerprint density at radius 1 is 0.909 bits per heavy atom. The lowest BCUT2D eigenvalue weighted by Gasteiger charge is -2.10. The average molecular weight is 497 g/mol. The number of carbonyl (C=O) groups is 2. The van der Waals surface area contributed by atoms with Gasteiger partial charge in [0.05, 0.1) is 5.56 Å². The largest absolute Gasteiger partial charge is 0.422 e. The summed E-state index contributed by atoms with van der Waals surface area (Å²) in [6, 6.07) is 28.7. The van der Waals surface area contributed by atoms with E-state index in [4.69, 9.17) is 4.74 Å². The molecule has 0 aromatic heterocycles. The predicted octanol–water partition coefficient (Wildman–Crippen LogP) is 6.37. The molecular formula is C27H17BrN2O3. The maximum Gasteiger partial charge on any atom is 0.343 e. The van der Waals surface area contributed by atoms with E-state index in [9.17, 15) is 14.9 Å². The van der Waals surface area contributed by atoms with Gasteiger partial charge in [0.1, 0.15) is 17.4 Å². The van der Waals surface area contributed by atoms with Crippen LogP contribution in [0, 0.1) is 11.3 Å². The predicted molar refractivity (Wildman–Crippen MR) is 132 cm³/mol. The summed E-state index contributed by atoms with van der Waals surface area (Å²) < 4.78 is 6.25. The first-order valence-corrected chi connectivity index (χ1v) is 10.8. The molecule has 0 aliphatic carbocycles. The molecule has 4 aromatic rings. The van der Waals surface area contributed by atoms with Gasteiger partial charge in [-0.2, -0.15) is 5.26 Å². The number of carbonyl (C=O) groups excluding carboxylic acids is 2. The minimum atomic E-state index is -0.561. The minimum absolute atomic E-state index is 0.127. The fourth-order valence-electron chi connectivity index (χ4n) is 3.29. The van der Waals surface area contributed by atoms with E-state index < -0.39 is 11.9 Å². The number of nitrogens with one attached hydrogen (secondary N) is 1. The topological polar surface area (TPSA) is 79.2 Å². The lowest BCUT2D eigenvalue weighted by Crippen LogP contribution is -2.14. The van der Waals surface area contributed by atoms with Crippen LogP contribution in [0.3, 0.4) is 0 Å². The molecule has 6 heteroatoms. The third-order valence-electron chi connectivity index (χ3n) is 4.89. The van der Waals surface area contributed by atoms with Crippen LogP contribution in [-0.2, 0) is 4.79 Å². The summed E-state index contributed by atoms with van der Waals surface area (Å²) in [5.41, 5.74) is 1.28. The third-order valence-corrected chi connectivity index (χ3v) is 5.38. The number of rotatable bonds is 5. The van der Waals surface area contributed by atoms with Crippen LogP contribution in [0.4, 0.5) is 5.69 Å². The molecule has 4 rings (SSSR count). The molecule has 1 N–H and O–H groups in total. The number of hydrogen-bond acceptors (Lipinski definition) is 4. The van der Waals surface area contributed by atoms with Crippen LogP contribution in [0.25, 0.3) is 16.8 Å². The molecule has 0 heterocycles. The second kappa shape index (κ2) is 9.94. The van der Waals surface area contributed by atoms with Gasteiger partial charge in [0.2, 0.25) is 0 Å². The monoisotopic (exact) mass is 496 g/mol. The molecular weight excluding hydrogens is 480 g/mol. The van der Waals surface area contributed by atoms with E-state index in [2.05, 4.69) is 21.2 Å². The molecule has 0 saturated carbocycles. The zero-order valence-corrected chi connectivity index (χ0v) is 18.9. The van der Waals surface area contributed by atoms with E-state index >= 15 is 0 Å². The third kappa shape index (κ3) is 5.17. The van der Waals surface area contributed by atoms with Crippen LogP contribution in [0.2, 0.25) is 0 Å². The van der Waals surface area contributed by atoms with Crippen LogP contribution in [0.15, 0.2) is 101 Å². The van der Waals surface area contributed by atoms with Crippen molar-refractivity contribution >= 4 is 50.3 Å². The van der Waals surface area contributed by atoms with E-state index in [1.807, 2.05) is 42.5 Å². The van der Waals surface area contributed by atoms with E-state index in [-0.39, 0.29) is 11.3 Å². The maximum absolute atomic E-state index is 12.9. The number of nitriles is 1. The fraction of sp³-hybridized carbons (Fsp3) is 0. The van der Waals surface area contributed by atoms with Crippen molar-refractivity contribution in [2.24, 2.45) is 0 Å². The van der Waals surface area contributed by atoms with Crippen molar-refractivity contribution in [3.63, 3.8) is 0 Å². The number of ether oxygens (including phenoxy) is 1. The smallest absolute Gasteiger partial charge is 0.343 e. The Morgan fingerprint density at radius 2 is 1.64 bits per heavy atom. The molecule has 0 saturated heterocycles. The van der Waals surface area contributed by atoms with Gasteiger partial charge in [-0.05, 0) is 47.9 Å². The van der Waals surface area contributed by atoms with E-state index in [0.29, 0.717) is 21.3 Å². The molecule has 4 aromatic carbocycles. The van der Waals surface area contributed by atoms with Gasteiger partial charge < -0.3 is 10.1 Å². The quantitative estimate of drug-likeness (QED) is 0.151. The summed E-state index contributed by atoms with van der Waals surface area (Å²) in [4.78, 5) is 25.4. The Balaban J connectivity index is 1.64. The van der Waals surface area contributed by atoms with Gasteiger partial charge in [-0.25, -0.2) is 4.79 Å². The van der Waals surface area contributed by atoms with Crippen LogP contribution < -0.4 is 10.1 Å². The molecule has 1 amide bonds. The summed E-state index contributed by atoms with van der Waals surface area (Å²) in [6.45, 7) is 0. The highest BCUT2D eigenvalue weighted by Gasteiger charge is 2.15. The number of fused-ring (bicyclic) bond motifs is 1. The van der Waals surface area contributed by atoms with Gasteiger partial charge in [-0.1, -0.05) is 70.5 Å². The number of esters is 1. The maximum atomic E-state index is 12.9. The summed E-state index contributed by atoms with van der Waals surface area (Å²) in [5.74, 6) is -0.863. The average Bonchev–Trinajstić information content (AvgIpc) is 2.84. The van der Waals surface area contributed by atoms with Crippen molar-refractivity contribution in [3.05, 3.63) is 112 Å². The highest BCUT2D eigenvalue weighted by atomic mass is 79.9. The molecule has 0 aliphatic rings. The van der Waals surface area contributed by atoms with Crippen molar-refractivity contribution < 1.29 is 14.3 Å². The van der Waals surface area contributed by atoms with E-state index in [1.165, 1.54) is 6.08 Å². The first-order chi connectivity index (χ1) is 16.0. The molecule has 160 valence electrons. The molecule has 0 radical (unpaired) electrons. The summed E-state index contributed by atoms with van der Waals surface area (Å²) >= 11 is 3.38. The number of halogens is 1. The fourth-order valence-corrected chi connectivity index (χ4v) is 3.67. The van der Waals surface area contributed by atoms with Gasteiger partial charge in [-0.3, -0.25) is 4.79 Å². The minimum Gasteiger partial charge on any atom is -0.422 e. The Hall–Kier alpha value is -4.21. The van der Waals surface area contributed by atoms with Crippen molar-refractivity contribution in [2.45, 2.75) is 0 Å². The van der Waals surface area contributed by atoms with Gasteiger partial charge >= 0.3 is 5.97 Å². The second-order valence-corrected chi connectivity index (χ2v) is 8.00. The van der Waals surface area contributed by atoms with Crippen LogP contribution in [-0.4, -0.2) is 11.9 Å².